The Labute approximate surface area is 171 Å². The Morgan fingerprint density at radius 1 is 1.19 bits per heavy atom. The maximum absolute atomic E-state index is 12.6. The molecular weight excluding hydrogens is 448 g/mol. The lowest BCUT2D eigenvalue weighted by Crippen LogP contribution is -2.14. The molecule has 3 heterocycles. The van der Waals surface area contributed by atoms with Crippen molar-refractivity contribution in [2.75, 3.05) is 24.3 Å². The lowest BCUT2D eigenvalue weighted by Gasteiger charge is -2.14. The lowest BCUT2D eigenvalue weighted by molar-refractivity contribution is 0.103. The number of carbonyl (C=O) groups is 1. The van der Waals surface area contributed by atoms with Crippen LogP contribution in [-0.2, 0) is 0 Å². The van der Waals surface area contributed by atoms with Crippen LogP contribution in [0.5, 0.6) is 0 Å². The molecule has 0 bridgehead atoms. The third kappa shape index (κ3) is 3.47. The van der Waals surface area contributed by atoms with Gasteiger partial charge in [-0.25, -0.2) is 4.98 Å². The van der Waals surface area contributed by atoms with Crippen molar-refractivity contribution in [1.29, 1.82) is 0 Å². The summed E-state index contributed by atoms with van der Waals surface area (Å²) in [5, 5.41) is 12.0. The first-order valence-electron chi connectivity index (χ1n) is 7.99. The van der Waals surface area contributed by atoms with Crippen LogP contribution >= 0.6 is 38.6 Å². The standard InChI is InChI=1S/C17H15BrN6OS2/c1-9-21-22-16(26-9)20-14(25)13-8-12-15(27-13)24(17(19-12)23(2)3)11-6-4-10(18)5-7-11/h4-8H,1-3H3,(H,20,22,25). The van der Waals surface area contributed by atoms with E-state index < -0.39 is 0 Å². The molecule has 4 rings (SSSR count). The van der Waals surface area contributed by atoms with Crippen LogP contribution in [0.15, 0.2) is 34.8 Å². The summed E-state index contributed by atoms with van der Waals surface area (Å²) >= 11 is 6.21. The van der Waals surface area contributed by atoms with Crippen molar-refractivity contribution in [2.45, 2.75) is 6.92 Å². The second kappa shape index (κ2) is 7.02. The lowest BCUT2D eigenvalue weighted by atomic mass is 10.3. The van der Waals surface area contributed by atoms with Crippen LogP contribution in [0.1, 0.15) is 14.7 Å². The molecule has 10 heteroatoms. The molecule has 0 spiro atoms. The topological polar surface area (TPSA) is 75.9 Å². The highest BCUT2D eigenvalue weighted by atomic mass is 79.9. The number of anilines is 2. The monoisotopic (exact) mass is 462 g/mol. The van der Waals surface area contributed by atoms with Crippen LogP contribution in [0.2, 0.25) is 0 Å². The number of carbonyl (C=O) groups excluding carboxylic acids is 1. The van der Waals surface area contributed by atoms with Crippen molar-refractivity contribution < 1.29 is 4.79 Å². The third-order valence-corrected chi connectivity index (χ3v) is 6.16. The Hall–Kier alpha value is -2.30. The van der Waals surface area contributed by atoms with E-state index in [9.17, 15) is 4.79 Å². The molecule has 0 saturated carbocycles. The number of rotatable bonds is 4. The van der Waals surface area contributed by atoms with Crippen LogP contribution in [0.4, 0.5) is 11.1 Å². The summed E-state index contributed by atoms with van der Waals surface area (Å²) in [5.74, 6) is 0.605. The van der Waals surface area contributed by atoms with Gasteiger partial charge in [0.15, 0.2) is 0 Å². The summed E-state index contributed by atoms with van der Waals surface area (Å²) in [6.07, 6.45) is 0. The highest BCUT2D eigenvalue weighted by Gasteiger charge is 2.20. The average molecular weight is 463 g/mol. The van der Waals surface area contributed by atoms with Gasteiger partial charge in [0.1, 0.15) is 15.4 Å². The minimum Gasteiger partial charge on any atom is -0.348 e. The summed E-state index contributed by atoms with van der Waals surface area (Å²) in [6.45, 7) is 1.85. The van der Waals surface area contributed by atoms with Gasteiger partial charge >= 0.3 is 0 Å². The number of hydrogen-bond donors (Lipinski definition) is 1. The number of hydrogen-bond acceptors (Lipinski definition) is 7. The van der Waals surface area contributed by atoms with Gasteiger partial charge in [0.2, 0.25) is 11.1 Å². The van der Waals surface area contributed by atoms with Gasteiger partial charge in [0, 0.05) is 24.3 Å². The van der Waals surface area contributed by atoms with Crippen molar-refractivity contribution in [2.24, 2.45) is 0 Å². The molecule has 0 fully saturated rings. The number of nitrogens with one attached hydrogen (secondary N) is 1. The van der Waals surface area contributed by atoms with E-state index in [0.29, 0.717) is 10.0 Å². The first kappa shape index (κ1) is 18.1. The van der Waals surface area contributed by atoms with E-state index in [1.807, 2.05) is 56.3 Å². The Bertz CT molecular complexity index is 1130. The molecular formula is C17H15BrN6OS2. The molecule has 1 N–H and O–H groups in total. The number of benzene rings is 1. The van der Waals surface area contributed by atoms with Gasteiger partial charge in [0.25, 0.3) is 5.91 Å². The molecule has 0 aliphatic heterocycles. The van der Waals surface area contributed by atoms with Gasteiger partial charge in [0.05, 0.1) is 4.88 Å². The fraction of sp³-hybridized carbons (Fsp3) is 0.176. The van der Waals surface area contributed by atoms with Crippen LogP contribution in [0.3, 0.4) is 0 Å². The van der Waals surface area contributed by atoms with Gasteiger partial charge in [-0.1, -0.05) is 27.3 Å². The second-order valence-electron chi connectivity index (χ2n) is 6.00. The van der Waals surface area contributed by atoms with E-state index in [1.165, 1.54) is 22.7 Å². The van der Waals surface area contributed by atoms with Crippen LogP contribution in [0, 0.1) is 6.92 Å². The molecule has 0 aliphatic carbocycles. The van der Waals surface area contributed by atoms with Gasteiger partial charge in [-0.2, -0.15) is 0 Å². The highest BCUT2D eigenvalue weighted by molar-refractivity contribution is 9.10. The number of aryl methyl sites for hydroxylation is 1. The molecule has 0 unspecified atom stereocenters. The fourth-order valence-electron chi connectivity index (χ4n) is 2.60. The third-order valence-electron chi connectivity index (χ3n) is 3.77. The number of imidazole rings is 1. The fourth-order valence-corrected chi connectivity index (χ4v) is 4.46. The first-order valence-corrected chi connectivity index (χ1v) is 10.4. The number of halogens is 1. The van der Waals surface area contributed by atoms with Crippen molar-refractivity contribution in [3.05, 3.63) is 44.7 Å². The Balaban J connectivity index is 1.76. The van der Waals surface area contributed by atoms with Crippen molar-refractivity contribution >= 4 is 65.9 Å². The smallest absolute Gasteiger partial charge is 0.267 e. The normalized spacial score (nSPS) is 11.1. The van der Waals surface area contributed by atoms with Crippen molar-refractivity contribution in [3.8, 4) is 5.69 Å². The minimum atomic E-state index is -0.206. The largest absolute Gasteiger partial charge is 0.348 e. The summed E-state index contributed by atoms with van der Waals surface area (Å²) in [6, 6.07) is 9.81. The molecule has 4 aromatic rings. The average Bonchev–Trinajstić information content (AvgIpc) is 3.29. The van der Waals surface area contributed by atoms with E-state index in [4.69, 9.17) is 4.98 Å². The number of fused-ring (bicyclic) bond motifs is 1. The predicted molar refractivity (Wildman–Crippen MR) is 114 cm³/mol. The van der Waals surface area contributed by atoms with Crippen molar-refractivity contribution in [3.63, 3.8) is 0 Å². The van der Waals surface area contributed by atoms with Gasteiger partial charge in [-0.05, 0) is 37.3 Å². The predicted octanol–water partition coefficient (Wildman–Crippen LogP) is 4.33. The zero-order valence-corrected chi connectivity index (χ0v) is 17.9. The van der Waals surface area contributed by atoms with E-state index >= 15 is 0 Å². The number of aromatic nitrogens is 4. The molecule has 138 valence electrons. The van der Waals surface area contributed by atoms with Gasteiger partial charge in [-0.15, -0.1) is 21.5 Å². The summed E-state index contributed by atoms with van der Waals surface area (Å²) < 4.78 is 3.06. The van der Waals surface area contributed by atoms with E-state index in [1.54, 1.807) is 0 Å². The summed E-state index contributed by atoms with van der Waals surface area (Å²) in [4.78, 5) is 20.7. The zero-order valence-electron chi connectivity index (χ0n) is 14.7. The molecule has 7 nitrogen and oxygen atoms in total. The maximum atomic E-state index is 12.6. The van der Waals surface area contributed by atoms with Crippen LogP contribution in [0.25, 0.3) is 16.0 Å². The highest BCUT2D eigenvalue weighted by Crippen LogP contribution is 2.33. The maximum Gasteiger partial charge on any atom is 0.267 e. The van der Waals surface area contributed by atoms with Crippen LogP contribution in [-0.4, -0.2) is 39.8 Å². The van der Waals surface area contributed by atoms with Crippen LogP contribution < -0.4 is 10.2 Å². The number of nitrogens with zero attached hydrogens (tertiary/aromatic N) is 5. The molecule has 0 aliphatic rings. The number of thiophene rings is 1. The minimum absolute atomic E-state index is 0.206. The number of amides is 1. The summed E-state index contributed by atoms with van der Waals surface area (Å²) in [5.41, 5.74) is 1.77. The zero-order chi connectivity index (χ0) is 19.1. The van der Waals surface area contributed by atoms with E-state index in [-0.39, 0.29) is 5.91 Å². The molecule has 0 saturated heterocycles. The Morgan fingerprint density at radius 2 is 1.93 bits per heavy atom. The van der Waals surface area contributed by atoms with E-state index in [2.05, 4.69) is 36.0 Å². The van der Waals surface area contributed by atoms with Gasteiger partial charge in [-0.3, -0.25) is 14.7 Å². The first-order chi connectivity index (χ1) is 12.9. The molecule has 0 atom stereocenters. The molecule has 1 aromatic carbocycles. The SMILES string of the molecule is Cc1nnc(NC(=O)c2cc3nc(N(C)C)n(-c4ccc(Br)cc4)c3s2)s1. The molecule has 27 heavy (non-hydrogen) atoms. The van der Waals surface area contributed by atoms with Crippen molar-refractivity contribution in [1.82, 2.24) is 19.7 Å². The van der Waals surface area contributed by atoms with Gasteiger partial charge < -0.3 is 4.90 Å². The van der Waals surface area contributed by atoms with E-state index in [0.717, 1.165) is 31.5 Å². The summed E-state index contributed by atoms with van der Waals surface area (Å²) in [7, 11) is 3.90. The molecule has 0 radical (unpaired) electrons. The Kier molecular flexibility index (Phi) is 4.70. The quantitative estimate of drug-likeness (QED) is 0.488. The molecule has 1 amide bonds. The Morgan fingerprint density at radius 3 is 2.56 bits per heavy atom. The molecule has 3 aromatic heterocycles. The second-order valence-corrected chi connectivity index (χ2v) is 9.13.